The Labute approximate surface area is 189 Å². The summed E-state index contributed by atoms with van der Waals surface area (Å²) in [5.41, 5.74) is 0.162. The fourth-order valence-corrected chi connectivity index (χ4v) is 5.45. The molecule has 0 spiro atoms. The van der Waals surface area contributed by atoms with Gasteiger partial charge in [-0.1, -0.05) is 25.3 Å². The molecule has 32 heavy (non-hydrogen) atoms. The van der Waals surface area contributed by atoms with Gasteiger partial charge in [-0.25, -0.2) is 0 Å². The number of benzene rings is 1. The van der Waals surface area contributed by atoms with Gasteiger partial charge in [-0.05, 0) is 80.7 Å². The molecule has 2 aromatic rings. The van der Waals surface area contributed by atoms with E-state index in [1.54, 1.807) is 0 Å². The lowest BCUT2D eigenvalue weighted by atomic mass is 9.84. The number of fused-ring (bicyclic) bond motifs is 1. The Morgan fingerprint density at radius 2 is 1.78 bits per heavy atom. The number of nitrogens with zero attached hydrogens (tertiary/aromatic N) is 2. The van der Waals surface area contributed by atoms with Crippen molar-refractivity contribution in [3.63, 3.8) is 0 Å². The first-order valence-corrected chi connectivity index (χ1v) is 12.2. The van der Waals surface area contributed by atoms with E-state index in [-0.39, 0.29) is 0 Å². The number of piperidine rings is 1. The maximum Gasteiger partial charge on any atom is 0.310 e. The molecule has 2 aliphatic carbocycles. The summed E-state index contributed by atoms with van der Waals surface area (Å²) in [6.45, 7) is 3.87. The van der Waals surface area contributed by atoms with Crippen LogP contribution < -0.4 is 9.47 Å². The van der Waals surface area contributed by atoms with E-state index in [4.69, 9.17) is 14.0 Å². The van der Waals surface area contributed by atoms with Gasteiger partial charge in [0.2, 0.25) is 0 Å². The maximum atomic E-state index is 11.9. The Bertz CT molecular complexity index is 924. The smallest absolute Gasteiger partial charge is 0.310 e. The molecule has 1 aliphatic heterocycles. The SMILES string of the molecule is O=C(O)C1(CN2CCC(COc3noc4cccc(OCC5CCC5)c34)CC2)CCCC1. The Morgan fingerprint density at radius 3 is 2.47 bits per heavy atom. The first kappa shape index (κ1) is 21.6. The summed E-state index contributed by atoms with van der Waals surface area (Å²) >= 11 is 0. The molecule has 0 bridgehead atoms. The van der Waals surface area contributed by atoms with Crippen molar-refractivity contribution >= 4 is 16.9 Å². The maximum absolute atomic E-state index is 11.9. The fraction of sp³-hybridized carbons (Fsp3) is 0.680. The van der Waals surface area contributed by atoms with Crippen molar-refractivity contribution in [3.8, 4) is 11.6 Å². The molecule has 1 N–H and O–H groups in total. The normalized spacial score (nSPS) is 22.1. The summed E-state index contributed by atoms with van der Waals surface area (Å²) in [7, 11) is 0. The molecule has 2 heterocycles. The Hall–Kier alpha value is -2.28. The number of carboxylic acid groups (broad SMARTS) is 1. The van der Waals surface area contributed by atoms with Crippen LogP contribution in [0.5, 0.6) is 11.6 Å². The van der Waals surface area contributed by atoms with E-state index in [2.05, 4.69) is 10.1 Å². The van der Waals surface area contributed by atoms with Crippen LogP contribution in [-0.4, -0.2) is 54.0 Å². The highest BCUT2D eigenvalue weighted by molar-refractivity contribution is 5.88. The van der Waals surface area contributed by atoms with Gasteiger partial charge in [-0.15, -0.1) is 0 Å². The molecule has 5 rings (SSSR count). The average Bonchev–Trinajstić information content (AvgIpc) is 3.41. The van der Waals surface area contributed by atoms with Gasteiger partial charge in [0.15, 0.2) is 5.58 Å². The Balaban J connectivity index is 1.15. The van der Waals surface area contributed by atoms with Gasteiger partial charge in [0.1, 0.15) is 11.1 Å². The van der Waals surface area contributed by atoms with Crippen molar-refractivity contribution in [2.45, 2.75) is 57.8 Å². The van der Waals surface area contributed by atoms with Crippen LogP contribution in [0.25, 0.3) is 11.0 Å². The number of aromatic nitrogens is 1. The van der Waals surface area contributed by atoms with Crippen LogP contribution in [0.4, 0.5) is 0 Å². The number of carbonyl (C=O) groups is 1. The van der Waals surface area contributed by atoms with E-state index >= 15 is 0 Å². The molecule has 2 saturated carbocycles. The molecule has 0 atom stereocenters. The number of hydrogen-bond donors (Lipinski definition) is 1. The average molecular weight is 443 g/mol. The molecule has 0 radical (unpaired) electrons. The fourth-order valence-electron chi connectivity index (χ4n) is 5.45. The van der Waals surface area contributed by atoms with Crippen molar-refractivity contribution in [1.29, 1.82) is 0 Å². The van der Waals surface area contributed by atoms with Crippen molar-refractivity contribution in [3.05, 3.63) is 18.2 Å². The molecule has 174 valence electrons. The summed E-state index contributed by atoms with van der Waals surface area (Å²) in [6, 6.07) is 5.79. The standard InChI is InChI=1S/C25H34N2O5/c28-24(29)25(11-1-2-12-25)17-27-13-9-19(10-14-27)16-31-23-22-20(30-15-18-5-3-6-18)7-4-8-21(22)32-26-23/h4,7-8,18-19H,1-3,5-6,9-17H2,(H,28,29). The molecule has 3 aliphatic rings. The van der Waals surface area contributed by atoms with Gasteiger partial charge < -0.3 is 24.0 Å². The van der Waals surface area contributed by atoms with Gasteiger partial charge in [0.05, 0.1) is 18.6 Å². The second-order valence-corrected chi connectivity index (χ2v) is 10.0. The van der Waals surface area contributed by atoms with E-state index < -0.39 is 11.4 Å². The second kappa shape index (κ2) is 9.30. The van der Waals surface area contributed by atoms with Gasteiger partial charge in [0, 0.05) is 6.54 Å². The van der Waals surface area contributed by atoms with E-state index in [9.17, 15) is 9.90 Å². The van der Waals surface area contributed by atoms with E-state index in [0.29, 0.717) is 36.5 Å². The van der Waals surface area contributed by atoms with Crippen LogP contribution in [-0.2, 0) is 4.79 Å². The molecular weight excluding hydrogens is 408 g/mol. The molecule has 1 saturated heterocycles. The summed E-state index contributed by atoms with van der Waals surface area (Å²) in [5, 5.41) is 14.7. The second-order valence-electron chi connectivity index (χ2n) is 10.0. The van der Waals surface area contributed by atoms with Gasteiger partial charge in [-0.3, -0.25) is 4.79 Å². The number of likely N-dealkylation sites (tertiary alicyclic amines) is 1. The van der Waals surface area contributed by atoms with Gasteiger partial charge in [0.25, 0.3) is 5.88 Å². The lowest BCUT2D eigenvalue weighted by Gasteiger charge is -2.36. The van der Waals surface area contributed by atoms with Crippen LogP contribution in [0, 0.1) is 17.3 Å². The summed E-state index contributed by atoms with van der Waals surface area (Å²) < 4.78 is 17.7. The van der Waals surface area contributed by atoms with Crippen molar-refractivity contribution in [2.24, 2.45) is 17.3 Å². The van der Waals surface area contributed by atoms with Crippen LogP contribution in [0.15, 0.2) is 22.7 Å². The number of carboxylic acids is 1. The van der Waals surface area contributed by atoms with Crippen LogP contribution in [0.1, 0.15) is 57.8 Å². The third-order valence-corrected chi connectivity index (χ3v) is 7.83. The number of rotatable bonds is 9. The number of hydrogen-bond acceptors (Lipinski definition) is 6. The third kappa shape index (κ3) is 4.45. The first-order chi connectivity index (χ1) is 15.6. The zero-order valence-corrected chi connectivity index (χ0v) is 18.8. The molecular formula is C25H34N2O5. The van der Waals surface area contributed by atoms with Crippen molar-refractivity contribution in [2.75, 3.05) is 32.8 Å². The first-order valence-electron chi connectivity index (χ1n) is 12.2. The highest BCUT2D eigenvalue weighted by Gasteiger charge is 2.43. The topological polar surface area (TPSA) is 85.0 Å². The lowest BCUT2D eigenvalue weighted by Crippen LogP contribution is -2.45. The van der Waals surface area contributed by atoms with Gasteiger partial charge in [-0.2, -0.15) is 0 Å². The third-order valence-electron chi connectivity index (χ3n) is 7.83. The molecule has 1 aromatic carbocycles. The monoisotopic (exact) mass is 442 g/mol. The molecule has 1 aromatic heterocycles. The molecule has 0 amide bonds. The highest BCUT2D eigenvalue weighted by atomic mass is 16.5. The molecule has 7 nitrogen and oxygen atoms in total. The minimum absolute atomic E-state index is 0.436. The molecule has 7 heteroatoms. The Kier molecular flexibility index (Phi) is 6.26. The number of ether oxygens (including phenoxy) is 2. The van der Waals surface area contributed by atoms with E-state index in [0.717, 1.165) is 69.4 Å². The zero-order chi connectivity index (χ0) is 22.0. The predicted molar refractivity (Wildman–Crippen MR) is 120 cm³/mol. The highest BCUT2D eigenvalue weighted by Crippen LogP contribution is 2.40. The predicted octanol–water partition coefficient (Wildman–Crippen LogP) is 4.74. The lowest BCUT2D eigenvalue weighted by molar-refractivity contribution is -0.150. The zero-order valence-electron chi connectivity index (χ0n) is 18.8. The summed E-state index contributed by atoms with van der Waals surface area (Å²) in [6.07, 6.45) is 9.52. The van der Waals surface area contributed by atoms with Crippen molar-refractivity contribution in [1.82, 2.24) is 10.1 Å². The minimum atomic E-state index is -0.617. The van der Waals surface area contributed by atoms with Crippen LogP contribution in [0.3, 0.4) is 0 Å². The van der Waals surface area contributed by atoms with Crippen LogP contribution in [0.2, 0.25) is 0 Å². The van der Waals surface area contributed by atoms with Crippen LogP contribution >= 0.6 is 0 Å². The summed E-state index contributed by atoms with van der Waals surface area (Å²) in [4.78, 5) is 14.2. The molecule has 0 unspecified atom stereocenters. The van der Waals surface area contributed by atoms with Gasteiger partial charge >= 0.3 is 5.97 Å². The number of aliphatic carboxylic acids is 1. The summed E-state index contributed by atoms with van der Waals surface area (Å²) in [5.74, 6) is 1.78. The molecule has 3 fully saturated rings. The van der Waals surface area contributed by atoms with Crippen molar-refractivity contribution < 1.29 is 23.9 Å². The van der Waals surface area contributed by atoms with E-state index in [1.165, 1.54) is 19.3 Å². The minimum Gasteiger partial charge on any atom is -0.492 e. The Morgan fingerprint density at radius 1 is 1.06 bits per heavy atom. The quantitative estimate of drug-likeness (QED) is 0.600. The van der Waals surface area contributed by atoms with E-state index in [1.807, 2.05) is 18.2 Å². The largest absolute Gasteiger partial charge is 0.492 e.